The van der Waals surface area contributed by atoms with Crippen molar-refractivity contribution in [2.45, 2.75) is 36.8 Å². The minimum absolute atomic E-state index is 0.304. The van der Waals surface area contributed by atoms with Crippen molar-refractivity contribution in [3.8, 4) is 23.0 Å². The zero-order valence-electron chi connectivity index (χ0n) is 19.5. The van der Waals surface area contributed by atoms with E-state index in [1.165, 1.54) is 42.5 Å². The highest BCUT2D eigenvalue weighted by atomic mass is 17.2. The van der Waals surface area contributed by atoms with Crippen LogP contribution in [0.3, 0.4) is 0 Å². The molecule has 13 nitrogen and oxygen atoms in total. The number of aliphatic hydroxyl groups is 2. The van der Waals surface area contributed by atoms with Crippen LogP contribution in [0.1, 0.15) is 24.0 Å². The van der Waals surface area contributed by atoms with Crippen molar-refractivity contribution in [2.24, 2.45) is 0 Å². The van der Waals surface area contributed by atoms with E-state index in [2.05, 4.69) is 4.89 Å². The summed E-state index contributed by atoms with van der Waals surface area (Å²) in [6, 6.07) is 7.47. The molecule has 4 atom stereocenters. The second-order valence-corrected chi connectivity index (χ2v) is 8.41. The average molecular weight is 532 g/mol. The second kappa shape index (κ2) is 11.6. The Balaban J connectivity index is 1.69. The maximum atomic E-state index is 12.4. The number of carbonyl (C=O) groups is 3. The quantitative estimate of drug-likeness (QED) is 0.0829. The average Bonchev–Trinajstić information content (AvgIpc) is 2.84. The van der Waals surface area contributed by atoms with E-state index in [4.69, 9.17) is 9.62 Å². The van der Waals surface area contributed by atoms with Crippen LogP contribution in [0, 0.1) is 0 Å². The van der Waals surface area contributed by atoms with E-state index in [0.29, 0.717) is 11.1 Å². The number of carbonyl (C=O) groups excluding carboxylic acids is 2. The number of aliphatic carboxylic acids is 1. The van der Waals surface area contributed by atoms with Crippen molar-refractivity contribution in [2.75, 3.05) is 0 Å². The molecule has 3 rings (SSSR count). The predicted octanol–water partition coefficient (Wildman–Crippen LogP) is 0.961. The number of carboxylic acid groups (broad SMARTS) is 1. The Morgan fingerprint density at radius 1 is 0.816 bits per heavy atom. The van der Waals surface area contributed by atoms with E-state index in [0.717, 1.165) is 18.2 Å². The maximum Gasteiger partial charge on any atom is 0.365 e. The van der Waals surface area contributed by atoms with Gasteiger partial charge in [0.15, 0.2) is 34.7 Å². The van der Waals surface area contributed by atoms with Gasteiger partial charge in [0.1, 0.15) is 6.10 Å². The second-order valence-electron chi connectivity index (χ2n) is 8.41. The van der Waals surface area contributed by atoms with Crippen LogP contribution in [0.2, 0.25) is 0 Å². The molecule has 0 aromatic heterocycles. The molecule has 4 unspecified atom stereocenters. The monoisotopic (exact) mass is 532 g/mol. The first-order chi connectivity index (χ1) is 17.9. The molecular weight excluding hydrogens is 508 g/mol. The van der Waals surface area contributed by atoms with Gasteiger partial charge in [0.2, 0.25) is 0 Å². The summed E-state index contributed by atoms with van der Waals surface area (Å²) in [5.74, 6) is -5.40. The number of phenolic OH excluding ortho intramolecular Hbond substituents is 4. The number of phenols is 4. The zero-order valence-corrected chi connectivity index (χ0v) is 19.5. The van der Waals surface area contributed by atoms with Crippen LogP contribution in [0.4, 0.5) is 0 Å². The number of rotatable bonds is 8. The Morgan fingerprint density at radius 3 is 1.84 bits per heavy atom. The fourth-order valence-corrected chi connectivity index (χ4v) is 3.59. The molecule has 0 spiro atoms. The largest absolute Gasteiger partial charge is 0.504 e. The number of esters is 1. The lowest BCUT2D eigenvalue weighted by atomic mass is 9.79. The van der Waals surface area contributed by atoms with Crippen molar-refractivity contribution < 1.29 is 64.6 Å². The van der Waals surface area contributed by atoms with E-state index in [1.54, 1.807) is 0 Å². The SMILES string of the molecule is O=C(/C=C/c1ccc(O)c(O)c1)OOC1C(O)CC(O)(C(=O)O)CC1OC(=O)/C=C/c1ccc(O)c(O)c1. The third-order valence-corrected chi connectivity index (χ3v) is 5.56. The molecule has 0 aliphatic heterocycles. The molecule has 7 N–H and O–H groups in total. The summed E-state index contributed by atoms with van der Waals surface area (Å²) in [7, 11) is 0. The van der Waals surface area contributed by atoms with Gasteiger partial charge in [-0.15, -0.1) is 0 Å². The van der Waals surface area contributed by atoms with Crippen LogP contribution in [0.5, 0.6) is 23.0 Å². The van der Waals surface area contributed by atoms with Crippen molar-refractivity contribution >= 4 is 30.1 Å². The Labute approximate surface area is 214 Å². The van der Waals surface area contributed by atoms with Gasteiger partial charge >= 0.3 is 17.9 Å². The summed E-state index contributed by atoms with van der Waals surface area (Å²) in [5, 5.41) is 67.9. The lowest BCUT2D eigenvalue weighted by Crippen LogP contribution is -2.58. The molecule has 2 aromatic carbocycles. The molecule has 1 fully saturated rings. The molecule has 1 aliphatic rings. The fourth-order valence-electron chi connectivity index (χ4n) is 3.59. The van der Waals surface area contributed by atoms with Crippen molar-refractivity contribution in [3.05, 3.63) is 59.7 Å². The number of carboxylic acids is 1. The molecule has 202 valence electrons. The molecule has 2 aromatic rings. The molecule has 38 heavy (non-hydrogen) atoms. The summed E-state index contributed by atoms with van der Waals surface area (Å²) >= 11 is 0. The minimum Gasteiger partial charge on any atom is -0.504 e. The van der Waals surface area contributed by atoms with Crippen molar-refractivity contribution in [3.63, 3.8) is 0 Å². The molecule has 0 bridgehead atoms. The van der Waals surface area contributed by atoms with Crippen LogP contribution < -0.4 is 0 Å². The van der Waals surface area contributed by atoms with Gasteiger partial charge in [-0.3, -0.25) is 4.89 Å². The summed E-state index contributed by atoms with van der Waals surface area (Å²) in [4.78, 5) is 45.6. The van der Waals surface area contributed by atoms with Crippen molar-refractivity contribution in [1.29, 1.82) is 0 Å². The summed E-state index contributed by atoms with van der Waals surface area (Å²) in [6.45, 7) is 0. The molecule has 0 amide bonds. The number of aromatic hydroxyl groups is 4. The first-order valence-corrected chi connectivity index (χ1v) is 11.0. The molecule has 0 radical (unpaired) electrons. The summed E-state index contributed by atoms with van der Waals surface area (Å²) < 4.78 is 5.17. The Kier molecular flexibility index (Phi) is 8.57. The maximum absolute atomic E-state index is 12.4. The van der Waals surface area contributed by atoms with Crippen LogP contribution >= 0.6 is 0 Å². The van der Waals surface area contributed by atoms with Gasteiger partial charge in [-0.25, -0.2) is 14.4 Å². The van der Waals surface area contributed by atoms with Gasteiger partial charge in [0.05, 0.1) is 6.10 Å². The molecule has 1 saturated carbocycles. The third kappa shape index (κ3) is 7.00. The predicted molar refractivity (Wildman–Crippen MR) is 126 cm³/mol. The smallest absolute Gasteiger partial charge is 0.365 e. The minimum atomic E-state index is -2.47. The van der Waals surface area contributed by atoms with Gasteiger partial charge in [-0.05, 0) is 47.5 Å². The highest BCUT2D eigenvalue weighted by Crippen LogP contribution is 2.33. The van der Waals surface area contributed by atoms with Gasteiger partial charge < -0.3 is 40.5 Å². The Hall–Kier alpha value is -4.59. The Bertz CT molecular complexity index is 1270. The lowest BCUT2D eigenvalue weighted by molar-refractivity contribution is -0.334. The molecule has 0 heterocycles. The Morgan fingerprint density at radius 2 is 1.34 bits per heavy atom. The van der Waals surface area contributed by atoms with Crippen LogP contribution in [-0.2, 0) is 28.9 Å². The number of hydrogen-bond donors (Lipinski definition) is 7. The van der Waals surface area contributed by atoms with Gasteiger partial charge in [0.25, 0.3) is 0 Å². The number of benzene rings is 2. The summed E-state index contributed by atoms with van der Waals surface area (Å²) in [6.07, 6.45) is -2.06. The molecular formula is C25H24O13. The summed E-state index contributed by atoms with van der Waals surface area (Å²) in [5.41, 5.74) is -1.85. The number of hydrogen-bond acceptors (Lipinski definition) is 12. The highest BCUT2D eigenvalue weighted by molar-refractivity contribution is 5.88. The van der Waals surface area contributed by atoms with E-state index in [-0.39, 0.29) is 11.5 Å². The number of ether oxygens (including phenoxy) is 1. The number of aliphatic hydroxyl groups excluding tert-OH is 1. The third-order valence-electron chi connectivity index (χ3n) is 5.56. The van der Waals surface area contributed by atoms with Gasteiger partial charge in [-0.2, -0.15) is 4.89 Å². The first-order valence-electron chi connectivity index (χ1n) is 11.0. The van der Waals surface area contributed by atoms with Crippen molar-refractivity contribution in [1.82, 2.24) is 0 Å². The van der Waals surface area contributed by atoms with Crippen LogP contribution in [0.25, 0.3) is 12.2 Å². The van der Waals surface area contributed by atoms with Crippen LogP contribution in [0.15, 0.2) is 48.6 Å². The van der Waals surface area contributed by atoms with Crippen LogP contribution in [-0.4, -0.2) is 77.6 Å². The zero-order chi connectivity index (χ0) is 28.0. The van der Waals surface area contributed by atoms with E-state index >= 15 is 0 Å². The normalized spacial score (nSPS) is 23.4. The highest BCUT2D eigenvalue weighted by Gasteiger charge is 2.52. The van der Waals surface area contributed by atoms with Gasteiger partial charge in [-0.1, -0.05) is 12.1 Å². The van der Waals surface area contributed by atoms with E-state index < -0.39 is 66.2 Å². The molecule has 13 heteroatoms. The first kappa shape index (κ1) is 28.0. The van der Waals surface area contributed by atoms with E-state index in [1.807, 2.05) is 0 Å². The molecule has 1 aliphatic carbocycles. The topological polar surface area (TPSA) is 221 Å². The lowest BCUT2D eigenvalue weighted by Gasteiger charge is -2.39. The van der Waals surface area contributed by atoms with Gasteiger partial charge in [0, 0.05) is 25.0 Å². The van der Waals surface area contributed by atoms with E-state index in [9.17, 15) is 50.1 Å². The molecule has 0 saturated heterocycles. The fraction of sp³-hybridized carbons (Fsp3) is 0.240. The standard InChI is InChI=1S/C25H24O13/c26-15-5-1-13(9-17(15)28)3-7-21(31)36-20-12-25(35,24(33)34)11-19(30)23(20)38-37-22(32)8-4-14-2-6-16(27)18(29)10-14/h1-10,19-20,23,26-30,35H,11-12H2,(H,33,34)/b7-3+,8-4+.